The molecule has 4 nitrogen and oxygen atoms in total. The molecule has 0 saturated carbocycles. The van der Waals surface area contributed by atoms with Gasteiger partial charge in [0.25, 0.3) is 0 Å². The summed E-state index contributed by atoms with van der Waals surface area (Å²) in [7, 11) is 0. The third kappa shape index (κ3) is 6.08. The fourth-order valence-corrected chi connectivity index (χ4v) is 1.68. The largest absolute Gasteiger partial charge is 0.377 e. The molecule has 0 spiro atoms. The summed E-state index contributed by atoms with van der Waals surface area (Å²) in [5.41, 5.74) is 0. The molecule has 1 rings (SSSR count). The summed E-state index contributed by atoms with van der Waals surface area (Å²) in [6.45, 7) is 7.46. The minimum absolute atomic E-state index is 0.133. The molecule has 0 aromatic carbocycles. The molecule has 1 unspecified atom stereocenters. The monoisotopic (exact) mass is 228 g/mol. The van der Waals surface area contributed by atoms with E-state index in [1.54, 1.807) is 0 Å². The predicted molar refractivity (Wildman–Crippen MR) is 64.3 cm³/mol. The molecule has 0 radical (unpaired) electrons. The molecule has 16 heavy (non-hydrogen) atoms. The lowest BCUT2D eigenvalue weighted by atomic mass is 10.2. The molecule has 1 saturated heterocycles. The predicted octanol–water partition coefficient (Wildman–Crippen LogP) is 0.917. The summed E-state index contributed by atoms with van der Waals surface area (Å²) in [5.74, 6) is 0.650. The average molecular weight is 228 g/mol. The third-order valence-corrected chi connectivity index (χ3v) is 2.63. The summed E-state index contributed by atoms with van der Waals surface area (Å²) in [4.78, 5) is 11.4. The average Bonchev–Trinajstić information content (AvgIpc) is 2.74. The van der Waals surface area contributed by atoms with E-state index in [9.17, 15) is 4.79 Å². The molecule has 0 bridgehead atoms. The van der Waals surface area contributed by atoms with Crippen molar-refractivity contribution in [3.05, 3.63) is 0 Å². The van der Waals surface area contributed by atoms with Gasteiger partial charge in [-0.2, -0.15) is 0 Å². The Labute approximate surface area is 98.1 Å². The van der Waals surface area contributed by atoms with Crippen LogP contribution in [0.3, 0.4) is 0 Å². The fourth-order valence-electron chi connectivity index (χ4n) is 1.68. The molecule has 1 atom stereocenters. The van der Waals surface area contributed by atoms with Crippen LogP contribution in [0.5, 0.6) is 0 Å². The molecular formula is C12H24N2O2. The van der Waals surface area contributed by atoms with Crippen molar-refractivity contribution in [3.63, 3.8) is 0 Å². The van der Waals surface area contributed by atoms with Crippen LogP contribution in [0.25, 0.3) is 0 Å². The topological polar surface area (TPSA) is 50.4 Å². The number of amides is 1. The van der Waals surface area contributed by atoms with Gasteiger partial charge >= 0.3 is 0 Å². The molecule has 94 valence electrons. The highest BCUT2D eigenvalue weighted by atomic mass is 16.5. The second kappa shape index (κ2) is 7.63. The summed E-state index contributed by atoms with van der Waals surface area (Å²) in [5, 5.41) is 6.16. The maximum Gasteiger partial charge on any atom is 0.221 e. The molecule has 1 fully saturated rings. The zero-order chi connectivity index (χ0) is 11.8. The van der Waals surface area contributed by atoms with E-state index in [2.05, 4.69) is 24.5 Å². The van der Waals surface area contributed by atoms with Crippen LogP contribution in [0.4, 0.5) is 0 Å². The third-order valence-electron chi connectivity index (χ3n) is 2.63. The van der Waals surface area contributed by atoms with E-state index in [0.29, 0.717) is 18.4 Å². The van der Waals surface area contributed by atoms with E-state index in [4.69, 9.17) is 4.74 Å². The van der Waals surface area contributed by atoms with Crippen molar-refractivity contribution in [2.45, 2.75) is 39.2 Å². The molecule has 1 aliphatic rings. The first-order chi connectivity index (χ1) is 7.68. The van der Waals surface area contributed by atoms with Crippen LogP contribution >= 0.6 is 0 Å². The van der Waals surface area contributed by atoms with Gasteiger partial charge in [0.1, 0.15) is 0 Å². The van der Waals surface area contributed by atoms with Crippen LogP contribution in [0.2, 0.25) is 0 Å². The van der Waals surface area contributed by atoms with E-state index in [-0.39, 0.29) is 5.91 Å². The highest BCUT2D eigenvalue weighted by molar-refractivity contribution is 5.76. The Morgan fingerprint density at radius 3 is 2.94 bits per heavy atom. The van der Waals surface area contributed by atoms with Gasteiger partial charge in [-0.15, -0.1) is 0 Å². The normalized spacial score (nSPS) is 20.3. The Morgan fingerprint density at radius 2 is 2.31 bits per heavy atom. The lowest BCUT2D eigenvalue weighted by Gasteiger charge is -2.11. The number of nitrogens with one attached hydrogen (secondary N) is 2. The summed E-state index contributed by atoms with van der Waals surface area (Å²) >= 11 is 0. The Bertz CT molecular complexity index is 201. The second-order valence-electron chi connectivity index (χ2n) is 4.79. The number of hydrogen-bond acceptors (Lipinski definition) is 3. The van der Waals surface area contributed by atoms with Crippen molar-refractivity contribution in [2.75, 3.05) is 26.2 Å². The molecule has 1 aliphatic heterocycles. The number of rotatable bonds is 7. The van der Waals surface area contributed by atoms with Gasteiger partial charge in [0.2, 0.25) is 5.91 Å². The van der Waals surface area contributed by atoms with Gasteiger partial charge in [0.05, 0.1) is 6.10 Å². The van der Waals surface area contributed by atoms with Crippen LogP contribution in [0, 0.1) is 5.92 Å². The van der Waals surface area contributed by atoms with Crippen LogP contribution in [0.15, 0.2) is 0 Å². The Kier molecular flexibility index (Phi) is 6.42. The lowest BCUT2D eigenvalue weighted by Crippen LogP contribution is -2.32. The van der Waals surface area contributed by atoms with Crippen molar-refractivity contribution in [1.82, 2.24) is 10.6 Å². The first-order valence-electron chi connectivity index (χ1n) is 6.27. The molecule has 4 heteroatoms. The molecular weight excluding hydrogens is 204 g/mol. The van der Waals surface area contributed by atoms with E-state index in [1.807, 2.05) is 0 Å². The Hall–Kier alpha value is -0.610. The quantitative estimate of drug-likeness (QED) is 0.637. The van der Waals surface area contributed by atoms with Crippen LogP contribution in [-0.4, -0.2) is 38.3 Å². The van der Waals surface area contributed by atoms with Crippen molar-refractivity contribution in [2.24, 2.45) is 5.92 Å². The van der Waals surface area contributed by atoms with Crippen molar-refractivity contribution < 1.29 is 9.53 Å². The molecule has 1 heterocycles. The Morgan fingerprint density at radius 1 is 1.50 bits per heavy atom. The first-order valence-corrected chi connectivity index (χ1v) is 6.27. The number of ether oxygens (including phenoxy) is 1. The van der Waals surface area contributed by atoms with E-state index >= 15 is 0 Å². The van der Waals surface area contributed by atoms with Gasteiger partial charge in [0, 0.05) is 32.7 Å². The van der Waals surface area contributed by atoms with Gasteiger partial charge in [-0.1, -0.05) is 13.8 Å². The lowest BCUT2D eigenvalue weighted by molar-refractivity contribution is -0.121. The van der Waals surface area contributed by atoms with Crippen molar-refractivity contribution in [3.8, 4) is 0 Å². The molecule has 0 aliphatic carbocycles. The van der Waals surface area contributed by atoms with E-state index in [0.717, 1.165) is 32.7 Å². The minimum Gasteiger partial charge on any atom is -0.377 e. The van der Waals surface area contributed by atoms with Crippen LogP contribution in [0.1, 0.15) is 33.1 Å². The maximum atomic E-state index is 11.4. The summed E-state index contributed by atoms with van der Waals surface area (Å²) < 4.78 is 5.48. The van der Waals surface area contributed by atoms with Crippen molar-refractivity contribution in [1.29, 1.82) is 0 Å². The number of carbonyl (C=O) groups excluding carboxylic acids is 1. The molecule has 0 aromatic heterocycles. The highest BCUT2D eigenvalue weighted by Crippen LogP contribution is 2.10. The zero-order valence-electron chi connectivity index (χ0n) is 10.4. The summed E-state index contributed by atoms with van der Waals surface area (Å²) in [6, 6.07) is 0. The second-order valence-corrected chi connectivity index (χ2v) is 4.79. The smallest absolute Gasteiger partial charge is 0.221 e. The van der Waals surface area contributed by atoms with E-state index in [1.165, 1.54) is 6.42 Å². The summed E-state index contributed by atoms with van der Waals surface area (Å²) in [6.07, 6.45) is 3.23. The fraction of sp³-hybridized carbons (Fsp3) is 0.917. The molecule has 1 amide bonds. The number of carbonyl (C=O) groups is 1. The maximum absolute atomic E-state index is 11.4. The highest BCUT2D eigenvalue weighted by Gasteiger charge is 2.14. The van der Waals surface area contributed by atoms with Gasteiger partial charge in [-0.05, 0) is 18.8 Å². The van der Waals surface area contributed by atoms with Gasteiger partial charge in [0.15, 0.2) is 0 Å². The van der Waals surface area contributed by atoms with Crippen molar-refractivity contribution >= 4 is 5.91 Å². The minimum atomic E-state index is 0.133. The molecule has 2 N–H and O–H groups in total. The zero-order valence-corrected chi connectivity index (χ0v) is 10.4. The van der Waals surface area contributed by atoms with Crippen LogP contribution in [-0.2, 0) is 9.53 Å². The first kappa shape index (κ1) is 13.5. The van der Waals surface area contributed by atoms with E-state index < -0.39 is 0 Å². The van der Waals surface area contributed by atoms with Gasteiger partial charge < -0.3 is 15.4 Å². The number of hydrogen-bond donors (Lipinski definition) is 2. The standard InChI is InChI=1S/C12H24N2O2/c1-10(2)8-14-12(15)5-6-13-9-11-4-3-7-16-11/h10-11,13H,3-9H2,1-2H3,(H,14,15). The van der Waals surface area contributed by atoms with Crippen LogP contribution < -0.4 is 10.6 Å². The van der Waals surface area contributed by atoms with Gasteiger partial charge in [-0.3, -0.25) is 4.79 Å². The molecule has 0 aromatic rings. The SMILES string of the molecule is CC(C)CNC(=O)CCNCC1CCCO1. The van der Waals surface area contributed by atoms with Gasteiger partial charge in [-0.25, -0.2) is 0 Å². The Balaban J connectivity index is 1.91.